The minimum absolute atomic E-state index is 0.0858. The van der Waals surface area contributed by atoms with Gasteiger partial charge in [-0.15, -0.1) is 0 Å². The van der Waals surface area contributed by atoms with E-state index in [1.165, 1.54) is 12.1 Å². The van der Waals surface area contributed by atoms with Gasteiger partial charge in [0, 0.05) is 23.2 Å². The average molecular weight is 320 g/mol. The molecule has 2 N–H and O–H groups in total. The molecule has 1 aromatic carbocycles. The van der Waals surface area contributed by atoms with Crippen molar-refractivity contribution < 1.29 is 9.50 Å². The molecule has 1 aliphatic carbocycles. The highest BCUT2D eigenvalue weighted by atomic mass is 35.5. The highest BCUT2D eigenvalue weighted by Crippen LogP contribution is 2.34. The molecule has 2 nitrogen and oxygen atoms in total. The first kappa shape index (κ1) is 16.0. The van der Waals surface area contributed by atoms with Gasteiger partial charge in [-0.1, -0.05) is 29.6 Å². The number of hydrogen-bond donors (Lipinski definition) is 2. The largest absolute Gasteiger partial charge is 0.396 e. The minimum Gasteiger partial charge on any atom is -0.396 e. The van der Waals surface area contributed by atoms with E-state index >= 15 is 0 Å². The molecular weight excluding hydrogens is 300 g/mol. The van der Waals surface area contributed by atoms with Crippen molar-refractivity contribution in [1.29, 1.82) is 0 Å². The van der Waals surface area contributed by atoms with Crippen LogP contribution in [0.15, 0.2) is 12.1 Å². The van der Waals surface area contributed by atoms with Crippen LogP contribution in [0.5, 0.6) is 0 Å². The Labute approximate surface area is 129 Å². The molecule has 0 amide bonds. The predicted molar refractivity (Wildman–Crippen MR) is 80.8 cm³/mol. The molecule has 112 valence electrons. The maximum absolute atomic E-state index is 13.5. The molecule has 0 heterocycles. The lowest BCUT2D eigenvalue weighted by molar-refractivity contribution is 0.190. The van der Waals surface area contributed by atoms with E-state index in [1.807, 2.05) is 6.92 Å². The van der Waals surface area contributed by atoms with Crippen molar-refractivity contribution in [2.75, 3.05) is 13.2 Å². The fraction of sp³-hybridized carbons (Fsp3) is 0.600. The van der Waals surface area contributed by atoms with E-state index in [4.69, 9.17) is 23.2 Å². The Balaban J connectivity index is 2.02. The van der Waals surface area contributed by atoms with Crippen LogP contribution in [0.2, 0.25) is 10.0 Å². The van der Waals surface area contributed by atoms with Crippen LogP contribution in [0.1, 0.15) is 37.8 Å². The van der Waals surface area contributed by atoms with Gasteiger partial charge in [0.15, 0.2) is 0 Å². The third-order valence-electron chi connectivity index (χ3n) is 4.25. The summed E-state index contributed by atoms with van der Waals surface area (Å²) in [6.45, 7) is 2.95. The molecule has 0 saturated heterocycles. The summed E-state index contributed by atoms with van der Waals surface area (Å²) in [4.78, 5) is 0. The number of halogens is 3. The number of rotatable bonds is 5. The third-order valence-corrected chi connectivity index (χ3v) is 4.96. The first-order valence-corrected chi connectivity index (χ1v) is 7.77. The van der Waals surface area contributed by atoms with Gasteiger partial charge < -0.3 is 10.4 Å². The topological polar surface area (TPSA) is 32.3 Å². The quantitative estimate of drug-likeness (QED) is 0.797. The van der Waals surface area contributed by atoms with E-state index in [9.17, 15) is 9.50 Å². The monoisotopic (exact) mass is 319 g/mol. The molecule has 0 aromatic heterocycles. The van der Waals surface area contributed by atoms with Crippen LogP contribution in [0.25, 0.3) is 0 Å². The molecule has 0 bridgehead atoms. The van der Waals surface area contributed by atoms with Crippen molar-refractivity contribution in [3.05, 3.63) is 33.6 Å². The molecular formula is C15H20Cl2FNO. The molecule has 3 atom stereocenters. The van der Waals surface area contributed by atoms with Gasteiger partial charge in [-0.3, -0.25) is 0 Å². The SMILES string of the molecule is CC(NCC1CCCC1CO)c1c(Cl)ccc(F)c1Cl. The standard InChI is InChI=1S/C15H20Cl2FNO/c1-9(14-12(16)5-6-13(18)15(14)17)19-7-10-3-2-4-11(10)8-20/h5-6,9-11,19-20H,2-4,7-8H2,1H3. The first-order chi connectivity index (χ1) is 9.54. The number of aliphatic hydroxyl groups is 1. The Kier molecular flexibility index (Phi) is 5.67. The minimum atomic E-state index is -0.450. The second-order valence-electron chi connectivity index (χ2n) is 5.52. The summed E-state index contributed by atoms with van der Waals surface area (Å²) in [5.74, 6) is 0.385. The van der Waals surface area contributed by atoms with Crippen LogP contribution in [0.4, 0.5) is 4.39 Å². The zero-order chi connectivity index (χ0) is 14.7. The Morgan fingerprint density at radius 1 is 1.35 bits per heavy atom. The first-order valence-electron chi connectivity index (χ1n) is 7.02. The summed E-state index contributed by atoms with van der Waals surface area (Å²) in [7, 11) is 0. The maximum atomic E-state index is 13.5. The van der Waals surface area contributed by atoms with Crippen LogP contribution in [0.3, 0.4) is 0 Å². The van der Waals surface area contributed by atoms with Crippen LogP contribution in [-0.4, -0.2) is 18.3 Å². The van der Waals surface area contributed by atoms with E-state index in [0.717, 1.165) is 25.8 Å². The molecule has 0 spiro atoms. The Hall–Kier alpha value is -0.350. The van der Waals surface area contributed by atoms with Crippen molar-refractivity contribution in [3.8, 4) is 0 Å². The van der Waals surface area contributed by atoms with E-state index in [1.54, 1.807) is 0 Å². The van der Waals surface area contributed by atoms with E-state index in [2.05, 4.69) is 5.32 Å². The van der Waals surface area contributed by atoms with E-state index in [0.29, 0.717) is 22.4 Å². The maximum Gasteiger partial charge on any atom is 0.142 e. The number of benzene rings is 1. The van der Waals surface area contributed by atoms with Crippen LogP contribution >= 0.6 is 23.2 Å². The molecule has 1 fully saturated rings. The molecule has 1 saturated carbocycles. The van der Waals surface area contributed by atoms with Gasteiger partial charge in [0.05, 0.1) is 5.02 Å². The molecule has 0 aliphatic heterocycles. The van der Waals surface area contributed by atoms with Crippen LogP contribution in [-0.2, 0) is 0 Å². The summed E-state index contributed by atoms with van der Waals surface area (Å²) in [5, 5.41) is 13.3. The third kappa shape index (κ3) is 3.45. The summed E-state index contributed by atoms with van der Waals surface area (Å²) >= 11 is 12.1. The molecule has 2 rings (SSSR count). The molecule has 20 heavy (non-hydrogen) atoms. The van der Waals surface area contributed by atoms with Crippen molar-refractivity contribution in [2.45, 2.75) is 32.2 Å². The number of nitrogens with one attached hydrogen (secondary N) is 1. The fourth-order valence-electron chi connectivity index (χ4n) is 2.99. The highest BCUT2D eigenvalue weighted by molar-refractivity contribution is 6.36. The van der Waals surface area contributed by atoms with Crippen molar-refractivity contribution in [1.82, 2.24) is 5.32 Å². The van der Waals surface area contributed by atoms with Gasteiger partial charge in [0.2, 0.25) is 0 Å². The van der Waals surface area contributed by atoms with Gasteiger partial charge in [-0.2, -0.15) is 0 Å². The van der Waals surface area contributed by atoms with E-state index < -0.39 is 5.82 Å². The zero-order valence-electron chi connectivity index (χ0n) is 11.5. The number of hydrogen-bond acceptors (Lipinski definition) is 2. The fourth-order valence-corrected chi connectivity index (χ4v) is 3.69. The van der Waals surface area contributed by atoms with Gasteiger partial charge in [0.25, 0.3) is 0 Å². The summed E-state index contributed by atoms with van der Waals surface area (Å²) in [5.41, 5.74) is 0.604. The lowest BCUT2D eigenvalue weighted by Crippen LogP contribution is -2.29. The second kappa shape index (κ2) is 7.08. The molecule has 1 aromatic rings. The van der Waals surface area contributed by atoms with Crippen molar-refractivity contribution in [3.63, 3.8) is 0 Å². The summed E-state index contributed by atoms with van der Waals surface area (Å²) in [6, 6.07) is 2.69. The molecule has 1 aliphatic rings. The van der Waals surface area contributed by atoms with E-state index in [-0.39, 0.29) is 17.7 Å². The van der Waals surface area contributed by atoms with Gasteiger partial charge in [-0.25, -0.2) is 4.39 Å². The average Bonchev–Trinajstić information content (AvgIpc) is 2.88. The van der Waals surface area contributed by atoms with Crippen molar-refractivity contribution >= 4 is 23.2 Å². The summed E-state index contributed by atoms with van der Waals surface area (Å²) in [6.07, 6.45) is 3.36. The predicted octanol–water partition coefficient (Wildman–Crippen LogP) is 4.19. The Morgan fingerprint density at radius 3 is 2.75 bits per heavy atom. The molecule has 3 unspecified atom stereocenters. The van der Waals surface area contributed by atoms with Gasteiger partial charge >= 0.3 is 0 Å². The van der Waals surface area contributed by atoms with Crippen LogP contribution in [0, 0.1) is 17.7 Å². The number of aliphatic hydroxyl groups excluding tert-OH is 1. The Bertz CT molecular complexity index is 469. The Morgan fingerprint density at radius 2 is 2.05 bits per heavy atom. The lowest BCUT2D eigenvalue weighted by Gasteiger charge is -2.22. The smallest absolute Gasteiger partial charge is 0.142 e. The lowest BCUT2D eigenvalue weighted by atomic mass is 9.96. The molecule has 0 radical (unpaired) electrons. The molecule has 5 heteroatoms. The van der Waals surface area contributed by atoms with Crippen LogP contribution < -0.4 is 5.32 Å². The zero-order valence-corrected chi connectivity index (χ0v) is 13.0. The van der Waals surface area contributed by atoms with Gasteiger partial charge in [0.1, 0.15) is 5.82 Å². The summed E-state index contributed by atoms with van der Waals surface area (Å²) < 4.78 is 13.5. The van der Waals surface area contributed by atoms with Gasteiger partial charge in [-0.05, 0) is 50.3 Å². The highest BCUT2D eigenvalue weighted by Gasteiger charge is 2.27. The normalized spacial score (nSPS) is 24.1. The van der Waals surface area contributed by atoms with Crippen molar-refractivity contribution in [2.24, 2.45) is 11.8 Å². The second-order valence-corrected chi connectivity index (χ2v) is 6.31.